The van der Waals surface area contributed by atoms with Crippen molar-refractivity contribution in [3.8, 4) is 0 Å². The molecule has 0 spiro atoms. The molecule has 134 valence electrons. The lowest BCUT2D eigenvalue weighted by atomic mass is 9.37. The second-order valence-electron chi connectivity index (χ2n) is 8.05. The minimum atomic E-state index is 0.0256. The van der Waals surface area contributed by atoms with Crippen molar-refractivity contribution >= 4 is 29.1 Å². The van der Waals surface area contributed by atoms with Crippen LogP contribution in [0.2, 0.25) is 10.3 Å². The van der Waals surface area contributed by atoms with Crippen molar-refractivity contribution in [3.63, 3.8) is 0 Å². The second kappa shape index (κ2) is 5.67. The number of hydrogen-bond donors (Lipinski definition) is 0. The zero-order chi connectivity index (χ0) is 17.9. The zero-order valence-electron chi connectivity index (χ0n) is 14.3. The monoisotopic (exact) mass is 387 g/mol. The molecule has 2 heterocycles. The van der Waals surface area contributed by atoms with E-state index in [0.717, 1.165) is 37.8 Å². The first-order valence-electron chi connectivity index (χ1n) is 9.06. The van der Waals surface area contributed by atoms with Gasteiger partial charge in [0.15, 0.2) is 10.3 Å². The van der Waals surface area contributed by atoms with Gasteiger partial charge in [0, 0.05) is 29.5 Å². The number of halogens is 2. The Morgan fingerprint density at radius 2 is 1.81 bits per heavy atom. The molecule has 4 nitrogen and oxygen atoms in total. The molecule has 0 N–H and O–H groups in total. The molecule has 3 saturated carbocycles. The van der Waals surface area contributed by atoms with Crippen molar-refractivity contribution in [2.45, 2.75) is 49.0 Å². The Hall–Kier alpha value is -1.65. The third kappa shape index (κ3) is 2.31. The Bertz CT molecular complexity index is 866. The van der Waals surface area contributed by atoms with Gasteiger partial charge in [0.1, 0.15) is 0 Å². The smallest absolute Gasteiger partial charge is 0.223 e. The Balaban J connectivity index is 1.29. The van der Waals surface area contributed by atoms with Gasteiger partial charge in [-0.15, -0.1) is 10.2 Å². The minimum Gasteiger partial charge on any atom is -0.337 e. The van der Waals surface area contributed by atoms with E-state index in [2.05, 4.69) is 39.4 Å². The van der Waals surface area contributed by atoms with Gasteiger partial charge in [-0.25, -0.2) is 0 Å². The van der Waals surface area contributed by atoms with E-state index >= 15 is 0 Å². The summed E-state index contributed by atoms with van der Waals surface area (Å²) in [5, 5.41) is 8.57. The van der Waals surface area contributed by atoms with Gasteiger partial charge >= 0.3 is 0 Å². The lowest BCUT2D eigenvalue weighted by molar-refractivity contribution is -0.189. The van der Waals surface area contributed by atoms with Gasteiger partial charge in [-0.2, -0.15) is 0 Å². The first kappa shape index (κ1) is 16.5. The second-order valence-corrected chi connectivity index (χ2v) is 8.80. The van der Waals surface area contributed by atoms with Crippen LogP contribution in [0.3, 0.4) is 0 Å². The van der Waals surface area contributed by atoms with E-state index in [1.165, 1.54) is 5.56 Å². The maximum Gasteiger partial charge on any atom is 0.223 e. The molecule has 1 unspecified atom stereocenters. The predicted molar refractivity (Wildman–Crippen MR) is 100 cm³/mol. The number of hydrogen-bond acceptors (Lipinski definition) is 3. The highest BCUT2D eigenvalue weighted by Crippen LogP contribution is 2.71. The molecule has 1 amide bonds. The quantitative estimate of drug-likeness (QED) is 0.785. The number of benzene rings is 1. The molecule has 2 aromatic rings. The van der Waals surface area contributed by atoms with Gasteiger partial charge in [0.05, 0.1) is 0 Å². The topological polar surface area (TPSA) is 46.1 Å². The molecule has 1 saturated heterocycles. The molecule has 3 aliphatic carbocycles. The van der Waals surface area contributed by atoms with Gasteiger partial charge in [0.2, 0.25) is 5.91 Å². The Kier molecular flexibility index (Phi) is 3.60. The van der Waals surface area contributed by atoms with Crippen LogP contribution in [0, 0.1) is 0 Å². The number of aromatic nitrogens is 2. The fourth-order valence-corrected chi connectivity index (χ4v) is 5.82. The Morgan fingerprint density at radius 3 is 2.50 bits per heavy atom. The van der Waals surface area contributed by atoms with Crippen LogP contribution in [0.25, 0.3) is 0 Å². The van der Waals surface area contributed by atoms with Gasteiger partial charge in [0.25, 0.3) is 0 Å². The van der Waals surface area contributed by atoms with E-state index in [9.17, 15) is 4.79 Å². The van der Waals surface area contributed by atoms with Crippen LogP contribution >= 0.6 is 23.2 Å². The molecule has 0 radical (unpaired) electrons. The summed E-state index contributed by atoms with van der Waals surface area (Å²) in [4.78, 5) is 15.0. The fourth-order valence-electron chi connectivity index (χ4n) is 5.38. The standard InChI is InChI=1S/C20H19Cl2N3O/c21-16-9-15(18(22)24-23-16)19-10-20(11-19,12-19)25-7-6-14(8-17(25)26)13-4-2-1-3-5-13/h1-5,9,14H,6-8,10-12H2. The van der Waals surface area contributed by atoms with Crippen LogP contribution < -0.4 is 0 Å². The Labute approximate surface area is 162 Å². The highest BCUT2D eigenvalue weighted by molar-refractivity contribution is 6.31. The number of piperidine rings is 1. The first-order chi connectivity index (χ1) is 12.5. The molecule has 1 aromatic carbocycles. The molecule has 6 rings (SSSR count). The number of likely N-dealkylation sites (tertiary alicyclic amines) is 1. The molecule has 4 fully saturated rings. The summed E-state index contributed by atoms with van der Waals surface area (Å²) in [6.07, 6.45) is 4.53. The summed E-state index contributed by atoms with van der Waals surface area (Å²) < 4.78 is 0. The van der Waals surface area contributed by atoms with Gasteiger partial charge in [-0.3, -0.25) is 4.79 Å². The highest BCUT2D eigenvalue weighted by atomic mass is 35.5. The van der Waals surface area contributed by atoms with E-state index in [1.54, 1.807) is 0 Å². The van der Waals surface area contributed by atoms with E-state index in [-0.39, 0.29) is 16.9 Å². The fraction of sp³-hybridized carbons (Fsp3) is 0.450. The van der Waals surface area contributed by atoms with E-state index < -0.39 is 0 Å². The highest BCUT2D eigenvalue weighted by Gasteiger charge is 2.72. The van der Waals surface area contributed by atoms with Crippen molar-refractivity contribution in [2.24, 2.45) is 0 Å². The van der Waals surface area contributed by atoms with Crippen LogP contribution in [0.5, 0.6) is 0 Å². The van der Waals surface area contributed by atoms with Crippen molar-refractivity contribution in [1.82, 2.24) is 15.1 Å². The zero-order valence-corrected chi connectivity index (χ0v) is 15.8. The SMILES string of the molecule is O=C1CC(c2ccccc2)CCN1C12CC(c3cc(Cl)nnc3Cl)(C1)C2. The maximum atomic E-state index is 12.9. The number of nitrogens with zero attached hydrogens (tertiary/aromatic N) is 3. The first-order valence-corrected chi connectivity index (χ1v) is 9.82. The van der Waals surface area contributed by atoms with E-state index in [0.29, 0.717) is 22.6 Å². The molecule has 26 heavy (non-hydrogen) atoms. The molecule has 1 aromatic heterocycles. The van der Waals surface area contributed by atoms with Gasteiger partial charge in [-0.05, 0) is 43.2 Å². The number of rotatable bonds is 3. The normalized spacial score (nSPS) is 32.8. The molecular weight excluding hydrogens is 369 g/mol. The van der Waals surface area contributed by atoms with Crippen LogP contribution in [0.1, 0.15) is 49.1 Å². The van der Waals surface area contributed by atoms with Crippen LogP contribution in [-0.2, 0) is 10.2 Å². The van der Waals surface area contributed by atoms with Crippen LogP contribution in [-0.4, -0.2) is 33.1 Å². The summed E-state index contributed by atoms with van der Waals surface area (Å²) >= 11 is 12.3. The molecule has 1 aliphatic heterocycles. The lowest BCUT2D eigenvalue weighted by Crippen LogP contribution is -2.78. The number of amides is 1. The van der Waals surface area contributed by atoms with Crippen molar-refractivity contribution in [3.05, 3.63) is 57.8 Å². The Morgan fingerprint density at radius 1 is 1.08 bits per heavy atom. The summed E-state index contributed by atoms with van der Waals surface area (Å²) in [5.74, 6) is 0.634. The molecule has 6 heteroatoms. The van der Waals surface area contributed by atoms with Crippen LogP contribution in [0.15, 0.2) is 36.4 Å². The maximum absolute atomic E-state index is 12.9. The molecule has 2 bridgehead atoms. The largest absolute Gasteiger partial charge is 0.337 e. The van der Waals surface area contributed by atoms with Crippen molar-refractivity contribution < 1.29 is 4.79 Å². The number of carbonyl (C=O) groups excluding carboxylic acids is 1. The van der Waals surface area contributed by atoms with Crippen molar-refractivity contribution in [2.75, 3.05) is 6.54 Å². The molecule has 1 atom stereocenters. The summed E-state index contributed by atoms with van der Waals surface area (Å²) in [7, 11) is 0. The average Bonchev–Trinajstić information content (AvgIpc) is 2.58. The summed E-state index contributed by atoms with van der Waals surface area (Å²) in [6.45, 7) is 0.845. The van der Waals surface area contributed by atoms with E-state index in [4.69, 9.17) is 23.2 Å². The predicted octanol–water partition coefficient (Wildman–Crippen LogP) is 4.36. The molecular formula is C20H19Cl2N3O. The third-order valence-corrected chi connectivity index (χ3v) is 7.02. The summed E-state index contributed by atoms with van der Waals surface area (Å²) in [6, 6.07) is 12.2. The summed E-state index contributed by atoms with van der Waals surface area (Å²) in [5.41, 5.74) is 2.33. The van der Waals surface area contributed by atoms with Gasteiger partial charge < -0.3 is 4.90 Å². The van der Waals surface area contributed by atoms with Crippen LogP contribution in [0.4, 0.5) is 0 Å². The van der Waals surface area contributed by atoms with E-state index in [1.807, 2.05) is 12.1 Å². The van der Waals surface area contributed by atoms with Gasteiger partial charge in [-0.1, -0.05) is 53.5 Å². The lowest BCUT2D eigenvalue weighted by Gasteiger charge is -2.74. The number of carbonyl (C=O) groups is 1. The minimum absolute atomic E-state index is 0.0256. The van der Waals surface area contributed by atoms with Crippen molar-refractivity contribution in [1.29, 1.82) is 0 Å². The third-order valence-electron chi connectivity index (χ3n) is 6.56. The average molecular weight is 388 g/mol. The molecule has 4 aliphatic rings.